The SMILES string of the molecule is CCOC(=O)C1=C(C)NC(=S)N[C@H]1c1ccccc1OCC(=O)NN=Cc1ccccc1OCc1cccc2ccccc12. The first-order valence-corrected chi connectivity index (χ1v) is 14.5. The van der Waals surface area contributed by atoms with Crippen LogP contribution in [0, 0.1) is 0 Å². The number of ether oxygens (including phenoxy) is 3. The third kappa shape index (κ3) is 7.22. The summed E-state index contributed by atoms with van der Waals surface area (Å²) in [5.74, 6) is 0.115. The molecule has 4 aromatic rings. The van der Waals surface area contributed by atoms with E-state index in [-0.39, 0.29) is 13.2 Å². The maximum absolute atomic E-state index is 12.8. The van der Waals surface area contributed by atoms with Gasteiger partial charge in [0.2, 0.25) is 0 Å². The summed E-state index contributed by atoms with van der Waals surface area (Å²) in [5.41, 5.74) is 5.88. The van der Waals surface area contributed by atoms with E-state index in [4.69, 9.17) is 26.4 Å². The van der Waals surface area contributed by atoms with Crippen LogP contribution < -0.4 is 25.5 Å². The van der Waals surface area contributed by atoms with Gasteiger partial charge in [0.15, 0.2) is 11.7 Å². The first kappa shape index (κ1) is 30.2. The molecule has 0 unspecified atom stereocenters. The van der Waals surface area contributed by atoms with Crippen LogP contribution in [0.5, 0.6) is 11.5 Å². The van der Waals surface area contributed by atoms with Gasteiger partial charge in [-0.05, 0) is 60.6 Å². The Hall–Kier alpha value is -5.22. The Morgan fingerprint density at radius 2 is 1.66 bits per heavy atom. The number of hydrogen-bond donors (Lipinski definition) is 3. The Morgan fingerprint density at radius 1 is 0.932 bits per heavy atom. The number of para-hydroxylation sites is 2. The zero-order valence-electron chi connectivity index (χ0n) is 24.3. The highest BCUT2D eigenvalue weighted by Gasteiger charge is 2.32. The average molecular weight is 609 g/mol. The second kappa shape index (κ2) is 14.3. The number of nitrogens with one attached hydrogen (secondary N) is 3. The van der Waals surface area contributed by atoms with Gasteiger partial charge in [0.05, 0.1) is 24.4 Å². The van der Waals surface area contributed by atoms with Crippen LogP contribution in [0.4, 0.5) is 0 Å². The first-order chi connectivity index (χ1) is 21.4. The van der Waals surface area contributed by atoms with Crippen molar-refractivity contribution < 1.29 is 23.8 Å². The summed E-state index contributed by atoms with van der Waals surface area (Å²) in [5, 5.41) is 12.9. The molecule has 0 saturated carbocycles. The van der Waals surface area contributed by atoms with E-state index < -0.39 is 17.9 Å². The summed E-state index contributed by atoms with van der Waals surface area (Å²) in [6, 6.07) is 28.3. The Morgan fingerprint density at radius 3 is 2.50 bits per heavy atom. The minimum absolute atomic E-state index is 0.229. The molecule has 3 N–H and O–H groups in total. The molecule has 9 nitrogen and oxygen atoms in total. The molecule has 1 aliphatic heterocycles. The Labute approximate surface area is 260 Å². The molecule has 0 radical (unpaired) electrons. The minimum Gasteiger partial charge on any atom is -0.488 e. The van der Waals surface area contributed by atoms with Crippen LogP contribution in [0.15, 0.2) is 107 Å². The van der Waals surface area contributed by atoms with Crippen molar-refractivity contribution in [1.29, 1.82) is 0 Å². The predicted octanol–water partition coefficient (Wildman–Crippen LogP) is 5.30. The van der Waals surface area contributed by atoms with E-state index in [0.29, 0.717) is 45.6 Å². The average Bonchev–Trinajstić information content (AvgIpc) is 3.03. The maximum Gasteiger partial charge on any atom is 0.338 e. The number of fused-ring (bicyclic) bond motifs is 1. The van der Waals surface area contributed by atoms with Gasteiger partial charge in [0.1, 0.15) is 18.1 Å². The lowest BCUT2D eigenvalue weighted by Gasteiger charge is -2.30. The molecule has 224 valence electrons. The smallest absolute Gasteiger partial charge is 0.338 e. The molecule has 1 amide bonds. The first-order valence-electron chi connectivity index (χ1n) is 14.1. The lowest BCUT2D eigenvalue weighted by Crippen LogP contribution is -2.45. The summed E-state index contributed by atoms with van der Waals surface area (Å²) < 4.78 is 17.3. The molecule has 0 aromatic heterocycles. The standard InChI is InChI=1S/C34H32N4O5S/c1-3-41-33(40)31-22(2)36-34(44)37-32(31)27-16-7-9-18-29(27)43-21-30(39)38-35-19-24-12-5-8-17-28(24)42-20-25-14-10-13-23-11-4-6-15-26(23)25/h4-19,32H,3,20-21H2,1-2H3,(H,38,39)(H2,36,37,44)/t32-/m0/s1. The molecular weight excluding hydrogens is 576 g/mol. The second-order valence-corrected chi connectivity index (χ2v) is 10.3. The fourth-order valence-corrected chi connectivity index (χ4v) is 5.17. The quantitative estimate of drug-likeness (QED) is 0.0911. The summed E-state index contributed by atoms with van der Waals surface area (Å²) in [6.07, 6.45) is 1.53. The molecular formula is C34H32N4O5S. The monoisotopic (exact) mass is 608 g/mol. The molecule has 0 spiro atoms. The number of esters is 1. The number of rotatable bonds is 11. The third-order valence-corrected chi connectivity index (χ3v) is 7.15. The highest BCUT2D eigenvalue weighted by atomic mass is 32.1. The number of carbonyl (C=O) groups excluding carboxylic acids is 2. The van der Waals surface area contributed by atoms with Crippen molar-refractivity contribution >= 4 is 46.2 Å². The van der Waals surface area contributed by atoms with E-state index in [0.717, 1.165) is 16.3 Å². The molecule has 0 fully saturated rings. The largest absolute Gasteiger partial charge is 0.488 e. The lowest BCUT2D eigenvalue weighted by atomic mass is 9.95. The van der Waals surface area contributed by atoms with Gasteiger partial charge < -0.3 is 24.8 Å². The highest BCUT2D eigenvalue weighted by molar-refractivity contribution is 7.80. The highest BCUT2D eigenvalue weighted by Crippen LogP contribution is 2.33. The van der Waals surface area contributed by atoms with Gasteiger partial charge in [0, 0.05) is 16.8 Å². The molecule has 4 aromatic carbocycles. The number of thiocarbonyl (C=S) groups is 1. The minimum atomic E-state index is -0.620. The topological polar surface area (TPSA) is 110 Å². The number of nitrogens with zero attached hydrogens (tertiary/aromatic N) is 1. The van der Waals surface area contributed by atoms with Crippen LogP contribution >= 0.6 is 12.2 Å². The predicted molar refractivity (Wildman–Crippen MR) is 173 cm³/mol. The number of benzene rings is 4. The molecule has 0 aliphatic carbocycles. The van der Waals surface area contributed by atoms with E-state index in [1.54, 1.807) is 32.0 Å². The molecule has 10 heteroatoms. The number of allylic oxidation sites excluding steroid dienone is 1. The van der Waals surface area contributed by atoms with Crippen molar-refractivity contribution in [2.45, 2.75) is 26.5 Å². The van der Waals surface area contributed by atoms with Crippen molar-refractivity contribution in [1.82, 2.24) is 16.1 Å². The number of amides is 1. The van der Waals surface area contributed by atoms with Gasteiger partial charge in [0.25, 0.3) is 5.91 Å². The molecule has 1 aliphatic rings. The van der Waals surface area contributed by atoms with Crippen LogP contribution in [-0.2, 0) is 20.9 Å². The second-order valence-electron chi connectivity index (χ2n) is 9.88. The number of hydrazone groups is 1. The van der Waals surface area contributed by atoms with Crippen molar-refractivity contribution in [2.24, 2.45) is 5.10 Å². The van der Waals surface area contributed by atoms with Gasteiger partial charge in [-0.25, -0.2) is 10.2 Å². The maximum atomic E-state index is 12.8. The van der Waals surface area contributed by atoms with Gasteiger partial charge in [-0.1, -0.05) is 72.8 Å². The number of carbonyl (C=O) groups is 2. The van der Waals surface area contributed by atoms with E-state index in [2.05, 4.69) is 39.4 Å². The van der Waals surface area contributed by atoms with Crippen LogP contribution in [0.3, 0.4) is 0 Å². The van der Waals surface area contributed by atoms with Crippen molar-refractivity contribution in [3.63, 3.8) is 0 Å². The van der Waals surface area contributed by atoms with Crippen LogP contribution in [0.1, 0.15) is 36.6 Å². The zero-order valence-corrected chi connectivity index (χ0v) is 25.1. The molecule has 1 atom stereocenters. The molecule has 44 heavy (non-hydrogen) atoms. The molecule has 0 bridgehead atoms. The number of hydrogen-bond acceptors (Lipinski definition) is 7. The van der Waals surface area contributed by atoms with Gasteiger partial charge >= 0.3 is 5.97 Å². The van der Waals surface area contributed by atoms with Crippen LogP contribution in [-0.4, -0.2) is 36.4 Å². The fraction of sp³-hybridized carbons (Fsp3) is 0.176. The summed E-state index contributed by atoms with van der Waals surface area (Å²) in [7, 11) is 0. The fourth-order valence-electron chi connectivity index (χ4n) is 4.90. The molecule has 5 rings (SSSR count). The van der Waals surface area contributed by atoms with Crippen molar-refractivity contribution in [3.8, 4) is 11.5 Å². The Bertz CT molecular complexity index is 1750. The van der Waals surface area contributed by atoms with E-state index in [9.17, 15) is 9.59 Å². The summed E-state index contributed by atoms with van der Waals surface area (Å²) in [6.45, 7) is 3.81. The van der Waals surface area contributed by atoms with E-state index >= 15 is 0 Å². The van der Waals surface area contributed by atoms with Crippen LogP contribution in [0.25, 0.3) is 10.8 Å². The van der Waals surface area contributed by atoms with Gasteiger partial charge in [-0.2, -0.15) is 5.10 Å². The van der Waals surface area contributed by atoms with Gasteiger partial charge in [-0.15, -0.1) is 0 Å². The van der Waals surface area contributed by atoms with Crippen LogP contribution in [0.2, 0.25) is 0 Å². The Kier molecular flexibility index (Phi) is 9.83. The molecule has 1 heterocycles. The van der Waals surface area contributed by atoms with Crippen molar-refractivity contribution in [2.75, 3.05) is 13.2 Å². The third-order valence-electron chi connectivity index (χ3n) is 6.93. The van der Waals surface area contributed by atoms with E-state index in [1.807, 2.05) is 54.6 Å². The zero-order chi connectivity index (χ0) is 30.9. The van der Waals surface area contributed by atoms with Gasteiger partial charge in [-0.3, -0.25) is 4.79 Å². The van der Waals surface area contributed by atoms with E-state index in [1.165, 1.54) is 6.21 Å². The normalized spacial score (nSPS) is 14.6. The summed E-state index contributed by atoms with van der Waals surface area (Å²) in [4.78, 5) is 25.4. The Balaban J connectivity index is 1.22. The van der Waals surface area contributed by atoms with Crippen molar-refractivity contribution in [3.05, 3.63) is 119 Å². The lowest BCUT2D eigenvalue weighted by molar-refractivity contribution is -0.139. The summed E-state index contributed by atoms with van der Waals surface area (Å²) >= 11 is 5.33. The molecule has 0 saturated heterocycles.